The van der Waals surface area contributed by atoms with Crippen LogP contribution < -0.4 is 10.2 Å². The van der Waals surface area contributed by atoms with Crippen LogP contribution in [0, 0.1) is 0 Å². The van der Waals surface area contributed by atoms with Crippen molar-refractivity contribution < 1.29 is 9.69 Å². The van der Waals surface area contributed by atoms with Crippen molar-refractivity contribution in [2.75, 3.05) is 18.4 Å². The Morgan fingerprint density at radius 3 is 2.50 bits per heavy atom. The van der Waals surface area contributed by atoms with Gasteiger partial charge in [-0.15, -0.1) is 0 Å². The van der Waals surface area contributed by atoms with Gasteiger partial charge in [-0.3, -0.25) is 4.79 Å². The van der Waals surface area contributed by atoms with E-state index in [4.69, 9.17) is 11.6 Å². The van der Waals surface area contributed by atoms with Crippen LogP contribution in [0.5, 0.6) is 0 Å². The summed E-state index contributed by atoms with van der Waals surface area (Å²) in [6, 6.07) is 17.7. The van der Waals surface area contributed by atoms with E-state index in [0.29, 0.717) is 10.7 Å². The number of halogens is 1. The molecule has 0 spiro atoms. The molecule has 2 atom stereocenters. The van der Waals surface area contributed by atoms with Gasteiger partial charge in [0.25, 0.3) is 5.91 Å². The summed E-state index contributed by atoms with van der Waals surface area (Å²) in [4.78, 5) is 13.8. The molecule has 2 aromatic carbocycles. The van der Waals surface area contributed by atoms with Crippen LogP contribution in [0.4, 0.5) is 5.69 Å². The Hall–Kier alpha value is -2.10. The molecule has 1 amide bonds. The summed E-state index contributed by atoms with van der Waals surface area (Å²) in [6.45, 7) is 3.79. The molecule has 1 aliphatic rings. The summed E-state index contributed by atoms with van der Waals surface area (Å²) in [5, 5.41) is 3.51. The molecule has 0 bridgehead atoms. The van der Waals surface area contributed by atoms with Crippen molar-refractivity contribution in [2.24, 2.45) is 0 Å². The molecule has 0 radical (unpaired) electrons. The smallest absolute Gasteiger partial charge is 0.282 e. The number of hydrogen-bond acceptors (Lipinski definition) is 1. The van der Waals surface area contributed by atoms with Crippen molar-refractivity contribution in [3.05, 3.63) is 71.3 Å². The van der Waals surface area contributed by atoms with Crippen LogP contribution in [0.15, 0.2) is 60.7 Å². The van der Waals surface area contributed by atoms with Crippen LogP contribution in [0.1, 0.15) is 18.9 Å². The first-order valence-electron chi connectivity index (χ1n) is 8.29. The molecule has 2 N–H and O–H groups in total. The van der Waals surface area contributed by atoms with Gasteiger partial charge in [0.15, 0.2) is 6.04 Å². The van der Waals surface area contributed by atoms with Crippen LogP contribution >= 0.6 is 11.6 Å². The lowest BCUT2D eigenvalue weighted by molar-refractivity contribution is -0.909. The number of benzene rings is 2. The fraction of sp³-hybridized carbons (Fsp3) is 0.250. The lowest BCUT2D eigenvalue weighted by Gasteiger charge is -2.28. The molecular formula is C20H22ClN2O+. The van der Waals surface area contributed by atoms with E-state index in [-0.39, 0.29) is 11.9 Å². The van der Waals surface area contributed by atoms with Gasteiger partial charge in [0, 0.05) is 6.42 Å². The van der Waals surface area contributed by atoms with Gasteiger partial charge in [-0.2, -0.15) is 0 Å². The molecule has 1 heterocycles. The standard InChI is InChI=1S/C20H21ClN2O/c1-15(20(24)22-19-10-6-5-9-18(19)21)23-13-11-17(12-14-23)16-7-3-2-4-8-16/h2-11,15H,12-14H2,1H3,(H,22,24)/p+1/t15-/m1/s1. The number of hydrogen-bond donors (Lipinski definition) is 2. The molecule has 124 valence electrons. The molecule has 0 saturated carbocycles. The van der Waals surface area contributed by atoms with Crippen molar-refractivity contribution >= 4 is 28.8 Å². The molecule has 0 aromatic heterocycles. The van der Waals surface area contributed by atoms with Crippen molar-refractivity contribution in [3.63, 3.8) is 0 Å². The minimum Gasteiger partial charge on any atom is -0.321 e. The third kappa shape index (κ3) is 3.86. The number of carbonyl (C=O) groups excluding carboxylic acids is 1. The van der Waals surface area contributed by atoms with Gasteiger partial charge in [-0.05, 0) is 36.3 Å². The predicted octanol–water partition coefficient (Wildman–Crippen LogP) is 3.04. The maximum atomic E-state index is 12.5. The zero-order chi connectivity index (χ0) is 16.9. The number of rotatable bonds is 4. The molecule has 1 aliphatic heterocycles. The molecule has 24 heavy (non-hydrogen) atoms. The Labute approximate surface area is 147 Å². The SMILES string of the molecule is C[C@H](C(=O)Nc1ccccc1Cl)[NH+]1CC=C(c2ccccc2)CC1. The van der Waals surface area contributed by atoms with Crippen LogP contribution in [0.3, 0.4) is 0 Å². The van der Waals surface area contributed by atoms with Crippen molar-refractivity contribution in [1.82, 2.24) is 0 Å². The molecular weight excluding hydrogens is 320 g/mol. The quantitative estimate of drug-likeness (QED) is 0.880. The van der Waals surface area contributed by atoms with Gasteiger partial charge >= 0.3 is 0 Å². The Bertz CT molecular complexity index is 742. The van der Waals surface area contributed by atoms with Crippen molar-refractivity contribution in [2.45, 2.75) is 19.4 Å². The average molecular weight is 342 g/mol. The molecule has 4 heteroatoms. The average Bonchev–Trinajstić information content (AvgIpc) is 2.64. The number of nitrogens with one attached hydrogen (secondary N) is 2. The summed E-state index contributed by atoms with van der Waals surface area (Å²) >= 11 is 6.11. The minimum atomic E-state index is -0.116. The van der Waals surface area contributed by atoms with Gasteiger partial charge in [0.05, 0.1) is 23.8 Å². The van der Waals surface area contributed by atoms with E-state index >= 15 is 0 Å². The molecule has 1 unspecified atom stereocenters. The van der Waals surface area contributed by atoms with E-state index in [0.717, 1.165) is 19.5 Å². The number of carbonyl (C=O) groups is 1. The highest BCUT2D eigenvalue weighted by atomic mass is 35.5. The summed E-state index contributed by atoms with van der Waals surface area (Å²) < 4.78 is 0. The lowest BCUT2D eigenvalue weighted by atomic mass is 9.99. The second kappa shape index (κ2) is 7.65. The van der Waals surface area contributed by atoms with E-state index in [1.165, 1.54) is 16.0 Å². The summed E-state index contributed by atoms with van der Waals surface area (Å²) in [5.74, 6) is 0.00895. The van der Waals surface area contributed by atoms with Gasteiger partial charge < -0.3 is 10.2 Å². The number of amides is 1. The molecule has 0 aliphatic carbocycles. The van der Waals surface area contributed by atoms with E-state index in [9.17, 15) is 4.79 Å². The number of quaternary nitrogens is 1. The summed E-state index contributed by atoms with van der Waals surface area (Å²) in [7, 11) is 0. The van der Waals surface area contributed by atoms with E-state index in [1.54, 1.807) is 6.07 Å². The third-order valence-electron chi connectivity index (χ3n) is 4.61. The molecule has 3 rings (SSSR count). The van der Waals surface area contributed by atoms with Crippen molar-refractivity contribution in [3.8, 4) is 0 Å². The molecule has 3 nitrogen and oxygen atoms in total. The topological polar surface area (TPSA) is 33.5 Å². The van der Waals surface area contributed by atoms with E-state index < -0.39 is 0 Å². The highest BCUT2D eigenvalue weighted by molar-refractivity contribution is 6.33. The normalized spacial score (nSPS) is 18.6. The van der Waals surface area contributed by atoms with Gasteiger partial charge in [0.2, 0.25) is 0 Å². The second-order valence-corrected chi connectivity index (χ2v) is 6.56. The third-order valence-corrected chi connectivity index (χ3v) is 4.94. The lowest BCUT2D eigenvalue weighted by Crippen LogP contribution is -3.17. The minimum absolute atomic E-state index is 0.00895. The largest absolute Gasteiger partial charge is 0.321 e. The monoisotopic (exact) mass is 341 g/mol. The fourth-order valence-electron chi connectivity index (χ4n) is 3.05. The first-order valence-corrected chi connectivity index (χ1v) is 8.67. The first kappa shape index (κ1) is 16.7. The highest BCUT2D eigenvalue weighted by Crippen LogP contribution is 2.21. The maximum Gasteiger partial charge on any atom is 0.282 e. The van der Waals surface area contributed by atoms with E-state index in [2.05, 4.69) is 35.7 Å². The van der Waals surface area contributed by atoms with Crippen LogP contribution in [-0.4, -0.2) is 25.0 Å². The number of para-hydroxylation sites is 1. The highest BCUT2D eigenvalue weighted by Gasteiger charge is 2.27. The van der Waals surface area contributed by atoms with Gasteiger partial charge in [-0.25, -0.2) is 0 Å². The van der Waals surface area contributed by atoms with Crippen molar-refractivity contribution in [1.29, 1.82) is 0 Å². The zero-order valence-corrected chi connectivity index (χ0v) is 14.5. The Kier molecular flexibility index (Phi) is 5.34. The second-order valence-electron chi connectivity index (χ2n) is 6.15. The Balaban J connectivity index is 1.62. The van der Waals surface area contributed by atoms with Gasteiger partial charge in [-0.1, -0.05) is 54.1 Å². The maximum absolute atomic E-state index is 12.5. The first-order chi connectivity index (χ1) is 11.6. The Morgan fingerprint density at radius 2 is 1.83 bits per heavy atom. The molecule has 2 aromatic rings. The summed E-state index contributed by atoms with van der Waals surface area (Å²) in [6.07, 6.45) is 3.25. The molecule has 0 fully saturated rings. The zero-order valence-electron chi connectivity index (χ0n) is 13.8. The molecule has 0 saturated heterocycles. The predicted molar refractivity (Wildman–Crippen MR) is 99.3 cm³/mol. The number of anilines is 1. The summed E-state index contributed by atoms with van der Waals surface area (Å²) in [5.41, 5.74) is 3.33. The fourth-order valence-corrected chi connectivity index (χ4v) is 3.23. The van der Waals surface area contributed by atoms with E-state index in [1.807, 2.05) is 31.2 Å². The van der Waals surface area contributed by atoms with Crippen LogP contribution in [-0.2, 0) is 4.79 Å². The van der Waals surface area contributed by atoms with Crippen LogP contribution in [0.25, 0.3) is 5.57 Å². The Morgan fingerprint density at radius 1 is 1.12 bits per heavy atom. The van der Waals surface area contributed by atoms with Crippen LogP contribution in [0.2, 0.25) is 5.02 Å². The van der Waals surface area contributed by atoms with Gasteiger partial charge in [0.1, 0.15) is 0 Å².